The molecule has 3 N–H and O–H groups in total. The summed E-state index contributed by atoms with van der Waals surface area (Å²) in [5, 5.41) is 2.58. The van der Waals surface area contributed by atoms with Crippen LogP contribution in [0.1, 0.15) is 0 Å². The Morgan fingerprint density at radius 1 is 1.56 bits per heavy atom. The molecular weight excluding hydrogens is 119 g/mol. The van der Waals surface area contributed by atoms with E-state index >= 15 is 0 Å². The standard InChI is InChI=1S/C6H7FN2/c7-5-3-6(8)1-2-9-4-5/h1-4,9H,8H2. The second kappa shape index (κ2) is 2.35. The fourth-order valence-corrected chi connectivity index (χ4v) is 0.521. The van der Waals surface area contributed by atoms with Crippen molar-refractivity contribution in [1.82, 2.24) is 5.32 Å². The van der Waals surface area contributed by atoms with Crippen LogP contribution in [0.2, 0.25) is 0 Å². The Kier molecular flexibility index (Phi) is 1.53. The summed E-state index contributed by atoms with van der Waals surface area (Å²) in [4.78, 5) is 0. The Balaban J connectivity index is 2.82. The lowest BCUT2D eigenvalue weighted by molar-refractivity contribution is 0.659. The SMILES string of the molecule is NC1=CC(F)=CNC=C1. The van der Waals surface area contributed by atoms with Crippen molar-refractivity contribution in [3.05, 3.63) is 36.1 Å². The van der Waals surface area contributed by atoms with Crippen molar-refractivity contribution in [3.8, 4) is 0 Å². The van der Waals surface area contributed by atoms with Crippen molar-refractivity contribution >= 4 is 0 Å². The van der Waals surface area contributed by atoms with Gasteiger partial charge in [0.2, 0.25) is 0 Å². The highest BCUT2D eigenvalue weighted by Gasteiger charge is 1.91. The van der Waals surface area contributed by atoms with E-state index in [1.807, 2.05) is 0 Å². The van der Waals surface area contributed by atoms with E-state index in [0.29, 0.717) is 5.70 Å². The average Bonchev–Trinajstić information content (AvgIpc) is 1.93. The largest absolute Gasteiger partial charge is 0.399 e. The second-order valence-electron chi connectivity index (χ2n) is 1.67. The van der Waals surface area contributed by atoms with Crippen LogP contribution in [0.4, 0.5) is 4.39 Å². The van der Waals surface area contributed by atoms with Crippen LogP contribution in [0.15, 0.2) is 36.1 Å². The smallest absolute Gasteiger partial charge is 0.141 e. The Bertz CT molecular complexity index is 191. The van der Waals surface area contributed by atoms with Gasteiger partial charge in [-0.3, -0.25) is 0 Å². The third-order valence-electron chi connectivity index (χ3n) is 0.898. The maximum absolute atomic E-state index is 12.3. The molecule has 0 aromatic rings. The van der Waals surface area contributed by atoms with Crippen LogP contribution >= 0.6 is 0 Å². The van der Waals surface area contributed by atoms with Gasteiger partial charge in [-0.2, -0.15) is 0 Å². The van der Waals surface area contributed by atoms with Crippen molar-refractivity contribution in [3.63, 3.8) is 0 Å². The molecule has 0 atom stereocenters. The van der Waals surface area contributed by atoms with E-state index in [9.17, 15) is 4.39 Å². The van der Waals surface area contributed by atoms with Crippen LogP contribution in [-0.2, 0) is 0 Å². The van der Waals surface area contributed by atoms with Gasteiger partial charge in [0.15, 0.2) is 0 Å². The van der Waals surface area contributed by atoms with Crippen molar-refractivity contribution < 1.29 is 4.39 Å². The van der Waals surface area contributed by atoms with E-state index in [-0.39, 0.29) is 5.83 Å². The lowest BCUT2D eigenvalue weighted by atomic mass is 10.4. The number of nitrogens with one attached hydrogen (secondary N) is 1. The maximum Gasteiger partial charge on any atom is 0.141 e. The molecule has 0 amide bonds. The van der Waals surface area contributed by atoms with Gasteiger partial charge in [-0.25, -0.2) is 4.39 Å². The minimum Gasteiger partial charge on any atom is -0.399 e. The monoisotopic (exact) mass is 126 g/mol. The van der Waals surface area contributed by atoms with E-state index in [0.717, 1.165) is 0 Å². The molecule has 1 rings (SSSR count). The number of allylic oxidation sites excluding steroid dienone is 3. The average molecular weight is 126 g/mol. The molecule has 48 valence electrons. The summed E-state index contributed by atoms with van der Waals surface area (Å²) in [7, 11) is 0. The minimum absolute atomic E-state index is 0.363. The molecule has 0 fully saturated rings. The molecule has 3 heteroatoms. The summed E-state index contributed by atoms with van der Waals surface area (Å²) in [6.45, 7) is 0. The fraction of sp³-hybridized carbons (Fsp3) is 0. The van der Waals surface area contributed by atoms with Crippen LogP contribution in [-0.4, -0.2) is 0 Å². The zero-order valence-corrected chi connectivity index (χ0v) is 4.76. The fourth-order valence-electron chi connectivity index (χ4n) is 0.521. The third-order valence-corrected chi connectivity index (χ3v) is 0.898. The summed E-state index contributed by atoms with van der Waals surface area (Å²) in [6.07, 6.45) is 5.63. The van der Waals surface area contributed by atoms with E-state index in [1.165, 1.54) is 12.3 Å². The first-order valence-electron chi connectivity index (χ1n) is 2.54. The Labute approximate surface area is 52.5 Å². The highest BCUT2D eigenvalue weighted by atomic mass is 19.1. The summed E-state index contributed by atoms with van der Waals surface area (Å²) >= 11 is 0. The molecule has 0 bridgehead atoms. The number of hydrogen-bond donors (Lipinski definition) is 2. The van der Waals surface area contributed by atoms with Crippen LogP contribution < -0.4 is 11.1 Å². The molecule has 1 heterocycles. The Morgan fingerprint density at radius 2 is 2.33 bits per heavy atom. The van der Waals surface area contributed by atoms with Gasteiger partial charge in [0, 0.05) is 18.1 Å². The summed E-state index contributed by atoms with van der Waals surface area (Å²) in [6, 6.07) is 0. The molecule has 0 radical (unpaired) electrons. The first-order chi connectivity index (χ1) is 4.29. The van der Waals surface area contributed by atoms with Gasteiger partial charge in [0.05, 0.1) is 0 Å². The Hall–Kier alpha value is -1.25. The lowest BCUT2D eigenvalue weighted by Crippen LogP contribution is -1.92. The van der Waals surface area contributed by atoms with Gasteiger partial charge in [0.1, 0.15) is 5.83 Å². The van der Waals surface area contributed by atoms with E-state index < -0.39 is 0 Å². The van der Waals surface area contributed by atoms with Gasteiger partial charge in [-0.05, 0) is 12.2 Å². The van der Waals surface area contributed by atoms with Crippen LogP contribution in [0.25, 0.3) is 0 Å². The maximum atomic E-state index is 12.3. The molecule has 2 nitrogen and oxygen atoms in total. The molecule has 0 unspecified atom stereocenters. The van der Waals surface area contributed by atoms with Gasteiger partial charge in [-0.15, -0.1) is 0 Å². The minimum atomic E-state index is -0.363. The highest BCUT2D eigenvalue weighted by molar-refractivity contribution is 5.26. The second-order valence-corrected chi connectivity index (χ2v) is 1.67. The van der Waals surface area contributed by atoms with E-state index in [1.54, 1.807) is 12.3 Å². The molecule has 0 spiro atoms. The molecule has 1 aliphatic heterocycles. The molecule has 0 aromatic carbocycles. The van der Waals surface area contributed by atoms with Gasteiger partial charge in [-0.1, -0.05) is 0 Å². The first-order valence-corrected chi connectivity index (χ1v) is 2.54. The predicted molar refractivity (Wildman–Crippen MR) is 33.7 cm³/mol. The molecule has 0 aromatic heterocycles. The van der Waals surface area contributed by atoms with Crippen molar-refractivity contribution in [2.75, 3.05) is 0 Å². The number of hydrogen-bond acceptors (Lipinski definition) is 2. The van der Waals surface area contributed by atoms with E-state index in [2.05, 4.69) is 5.32 Å². The normalized spacial score (nSPS) is 17.4. The van der Waals surface area contributed by atoms with Crippen LogP contribution in [0.5, 0.6) is 0 Å². The number of nitrogens with two attached hydrogens (primary N) is 1. The summed E-state index contributed by atoms with van der Waals surface area (Å²) < 4.78 is 12.3. The molecule has 9 heavy (non-hydrogen) atoms. The van der Waals surface area contributed by atoms with Gasteiger partial charge >= 0.3 is 0 Å². The third kappa shape index (κ3) is 1.60. The first kappa shape index (κ1) is 5.88. The van der Waals surface area contributed by atoms with Crippen molar-refractivity contribution in [2.45, 2.75) is 0 Å². The van der Waals surface area contributed by atoms with Gasteiger partial charge in [0.25, 0.3) is 0 Å². The van der Waals surface area contributed by atoms with Gasteiger partial charge < -0.3 is 11.1 Å². The molecule has 0 saturated carbocycles. The zero-order chi connectivity index (χ0) is 6.69. The summed E-state index contributed by atoms with van der Waals surface area (Å²) in [5.41, 5.74) is 5.69. The van der Waals surface area contributed by atoms with Crippen molar-refractivity contribution in [1.29, 1.82) is 0 Å². The van der Waals surface area contributed by atoms with E-state index in [4.69, 9.17) is 5.73 Å². The lowest BCUT2D eigenvalue weighted by Gasteiger charge is -1.84. The Morgan fingerprint density at radius 3 is 3.11 bits per heavy atom. The molecule has 0 saturated heterocycles. The van der Waals surface area contributed by atoms with Crippen LogP contribution in [0, 0.1) is 0 Å². The number of rotatable bonds is 0. The topological polar surface area (TPSA) is 38.0 Å². The molecular formula is C6H7FN2. The predicted octanol–water partition coefficient (Wildman–Crippen LogP) is 0.757. The van der Waals surface area contributed by atoms with Crippen LogP contribution in [0.3, 0.4) is 0 Å². The summed E-state index contributed by atoms with van der Waals surface area (Å²) in [5.74, 6) is -0.363. The molecule has 1 aliphatic rings. The molecule has 0 aliphatic carbocycles. The number of halogens is 1. The quantitative estimate of drug-likeness (QED) is 0.502. The van der Waals surface area contributed by atoms with Crippen molar-refractivity contribution in [2.24, 2.45) is 5.73 Å². The highest BCUT2D eigenvalue weighted by Crippen LogP contribution is 2.02. The zero-order valence-electron chi connectivity index (χ0n) is 4.76.